The van der Waals surface area contributed by atoms with Crippen molar-refractivity contribution in [1.29, 1.82) is 0 Å². The number of amides is 1. The maximum Gasteiger partial charge on any atom is 0.267 e. The van der Waals surface area contributed by atoms with E-state index in [-0.39, 0.29) is 17.4 Å². The van der Waals surface area contributed by atoms with E-state index in [1.165, 1.54) is 0 Å². The molecule has 3 N–H and O–H groups in total. The van der Waals surface area contributed by atoms with Crippen LogP contribution in [0.15, 0.2) is 18.3 Å². The summed E-state index contributed by atoms with van der Waals surface area (Å²) in [6.07, 6.45) is 2.75. The lowest BCUT2D eigenvalue weighted by molar-refractivity contribution is 0.0864. The fourth-order valence-corrected chi connectivity index (χ4v) is 2.15. The van der Waals surface area contributed by atoms with Crippen molar-refractivity contribution in [2.75, 3.05) is 13.1 Å². The van der Waals surface area contributed by atoms with Crippen molar-refractivity contribution in [3.8, 4) is 0 Å². The van der Waals surface area contributed by atoms with Crippen molar-refractivity contribution in [2.24, 2.45) is 5.41 Å². The molecule has 4 nitrogen and oxygen atoms in total. The van der Waals surface area contributed by atoms with Crippen molar-refractivity contribution in [3.63, 3.8) is 0 Å². The van der Waals surface area contributed by atoms with E-state index in [1.54, 1.807) is 12.3 Å². The van der Waals surface area contributed by atoms with Gasteiger partial charge in [-0.25, -0.2) is 0 Å². The highest BCUT2D eigenvalue weighted by Crippen LogP contribution is 2.25. The Labute approximate surface area is 95.8 Å². The van der Waals surface area contributed by atoms with Crippen LogP contribution in [0, 0.1) is 5.41 Å². The van der Waals surface area contributed by atoms with Crippen LogP contribution < -0.4 is 10.6 Å². The third-order valence-corrected chi connectivity index (χ3v) is 3.28. The highest BCUT2D eigenvalue weighted by molar-refractivity contribution is 5.92. The van der Waals surface area contributed by atoms with Crippen LogP contribution >= 0.6 is 0 Å². The Hall–Kier alpha value is -1.29. The molecule has 0 bridgehead atoms. The van der Waals surface area contributed by atoms with Gasteiger partial charge in [0.1, 0.15) is 5.69 Å². The fourth-order valence-electron chi connectivity index (χ4n) is 2.15. The number of piperidine rings is 1. The van der Waals surface area contributed by atoms with Crippen molar-refractivity contribution < 1.29 is 4.79 Å². The standard InChI is InChI=1S/C12H19N3O/c1-12(2)8-13-7-5-10(12)15-11(16)9-4-3-6-14-9/h3-4,6,10,13-14H,5,7-8H2,1-2H3,(H,15,16). The molecule has 1 aliphatic heterocycles. The molecule has 0 radical (unpaired) electrons. The van der Waals surface area contributed by atoms with Gasteiger partial charge in [0.15, 0.2) is 0 Å². The van der Waals surface area contributed by atoms with E-state index in [9.17, 15) is 4.79 Å². The molecular formula is C12H19N3O. The number of aromatic amines is 1. The quantitative estimate of drug-likeness (QED) is 0.701. The zero-order valence-corrected chi connectivity index (χ0v) is 9.84. The molecule has 2 rings (SSSR count). The average molecular weight is 221 g/mol. The van der Waals surface area contributed by atoms with Gasteiger partial charge in [0, 0.05) is 18.8 Å². The van der Waals surface area contributed by atoms with Gasteiger partial charge in [0.2, 0.25) is 0 Å². The van der Waals surface area contributed by atoms with Crippen LogP contribution in [0.5, 0.6) is 0 Å². The van der Waals surface area contributed by atoms with Crippen LogP contribution in [0.2, 0.25) is 0 Å². The monoisotopic (exact) mass is 221 g/mol. The van der Waals surface area contributed by atoms with Gasteiger partial charge in [-0.2, -0.15) is 0 Å². The summed E-state index contributed by atoms with van der Waals surface area (Å²) < 4.78 is 0. The topological polar surface area (TPSA) is 56.9 Å². The van der Waals surface area contributed by atoms with Crippen LogP contribution in [0.3, 0.4) is 0 Å². The zero-order chi connectivity index (χ0) is 11.6. The van der Waals surface area contributed by atoms with Gasteiger partial charge in [-0.1, -0.05) is 13.8 Å². The second kappa shape index (κ2) is 4.29. The first-order valence-electron chi connectivity index (χ1n) is 5.74. The van der Waals surface area contributed by atoms with E-state index < -0.39 is 0 Å². The van der Waals surface area contributed by atoms with Crippen LogP contribution in [-0.2, 0) is 0 Å². The van der Waals surface area contributed by atoms with Gasteiger partial charge < -0.3 is 15.6 Å². The summed E-state index contributed by atoms with van der Waals surface area (Å²) in [5, 5.41) is 6.46. The molecular weight excluding hydrogens is 202 g/mol. The normalized spacial score (nSPS) is 24.0. The molecule has 4 heteroatoms. The second-order valence-corrected chi connectivity index (χ2v) is 5.06. The van der Waals surface area contributed by atoms with E-state index in [0.29, 0.717) is 5.69 Å². The number of hydrogen-bond donors (Lipinski definition) is 3. The molecule has 1 aromatic heterocycles. The van der Waals surface area contributed by atoms with Gasteiger partial charge in [-0.15, -0.1) is 0 Å². The zero-order valence-electron chi connectivity index (χ0n) is 9.84. The summed E-state index contributed by atoms with van der Waals surface area (Å²) in [5.74, 6) is -0.00928. The van der Waals surface area contributed by atoms with E-state index >= 15 is 0 Å². The van der Waals surface area contributed by atoms with Crippen molar-refractivity contribution in [1.82, 2.24) is 15.6 Å². The number of hydrogen-bond acceptors (Lipinski definition) is 2. The molecule has 0 aliphatic carbocycles. The minimum absolute atomic E-state index is 0.00928. The number of rotatable bonds is 2. The van der Waals surface area contributed by atoms with Crippen molar-refractivity contribution >= 4 is 5.91 Å². The van der Waals surface area contributed by atoms with Crippen LogP contribution in [0.4, 0.5) is 0 Å². The number of carbonyl (C=O) groups is 1. The third-order valence-electron chi connectivity index (χ3n) is 3.28. The molecule has 1 amide bonds. The number of aromatic nitrogens is 1. The lowest BCUT2D eigenvalue weighted by Gasteiger charge is -2.39. The Balaban J connectivity index is 2.01. The Bertz CT molecular complexity index is 356. The summed E-state index contributed by atoms with van der Waals surface area (Å²) in [4.78, 5) is 14.8. The second-order valence-electron chi connectivity index (χ2n) is 5.06. The summed E-state index contributed by atoms with van der Waals surface area (Å²) >= 11 is 0. The highest BCUT2D eigenvalue weighted by atomic mass is 16.1. The van der Waals surface area contributed by atoms with Gasteiger partial charge >= 0.3 is 0 Å². The third kappa shape index (κ3) is 2.27. The minimum atomic E-state index is -0.00928. The summed E-state index contributed by atoms with van der Waals surface area (Å²) in [7, 11) is 0. The van der Waals surface area contributed by atoms with E-state index in [4.69, 9.17) is 0 Å². The van der Waals surface area contributed by atoms with E-state index in [0.717, 1.165) is 19.5 Å². The molecule has 1 unspecified atom stereocenters. The lowest BCUT2D eigenvalue weighted by atomic mass is 9.80. The highest BCUT2D eigenvalue weighted by Gasteiger charge is 2.33. The predicted molar refractivity (Wildman–Crippen MR) is 63.3 cm³/mol. The fraction of sp³-hybridized carbons (Fsp3) is 0.583. The van der Waals surface area contributed by atoms with Gasteiger partial charge in [-0.3, -0.25) is 4.79 Å². The van der Waals surface area contributed by atoms with E-state index in [2.05, 4.69) is 29.5 Å². The number of nitrogens with one attached hydrogen (secondary N) is 3. The Morgan fingerprint density at radius 2 is 2.38 bits per heavy atom. The number of carbonyl (C=O) groups excluding carboxylic acids is 1. The van der Waals surface area contributed by atoms with E-state index in [1.807, 2.05) is 6.07 Å². The molecule has 2 heterocycles. The maximum atomic E-state index is 11.9. The van der Waals surface area contributed by atoms with Crippen molar-refractivity contribution in [3.05, 3.63) is 24.0 Å². The molecule has 16 heavy (non-hydrogen) atoms. The molecule has 0 aromatic carbocycles. The summed E-state index contributed by atoms with van der Waals surface area (Å²) in [5.41, 5.74) is 0.745. The van der Waals surface area contributed by atoms with Gasteiger partial charge in [0.05, 0.1) is 0 Å². The molecule has 1 fully saturated rings. The Morgan fingerprint density at radius 1 is 1.56 bits per heavy atom. The Kier molecular flexibility index (Phi) is 3.01. The van der Waals surface area contributed by atoms with Gasteiger partial charge in [-0.05, 0) is 30.5 Å². The SMILES string of the molecule is CC1(C)CNCCC1NC(=O)c1ccc[nH]1. The smallest absolute Gasteiger partial charge is 0.267 e. The summed E-state index contributed by atoms with van der Waals surface area (Å²) in [6, 6.07) is 3.87. The largest absolute Gasteiger partial charge is 0.357 e. The molecule has 1 atom stereocenters. The Morgan fingerprint density at radius 3 is 3.00 bits per heavy atom. The molecule has 88 valence electrons. The van der Waals surface area contributed by atoms with Crippen molar-refractivity contribution in [2.45, 2.75) is 26.3 Å². The molecule has 1 aliphatic rings. The first-order valence-corrected chi connectivity index (χ1v) is 5.74. The molecule has 0 spiro atoms. The predicted octanol–water partition coefficient (Wildman–Crippen LogP) is 1.13. The molecule has 1 saturated heterocycles. The average Bonchev–Trinajstić information content (AvgIpc) is 2.74. The summed E-state index contributed by atoms with van der Waals surface area (Å²) in [6.45, 7) is 6.28. The van der Waals surface area contributed by atoms with Crippen LogP contribution in [0.25, 0.3) is 0 Å². The first kappa shape index (κ1) is 11.2. The first-order chi connectivity index (χ1) is 7.59. The van der Waals surface area contributed by atoms with Crippen LogP contribution in [-0.4, -0.2) is 30.0 Å². The number of H-pyrrole nitrogens is 1. The minimum Gasteiger partial charge on any atom is -0.357 e. The maximum absolute atomic E-state index is 11.9. The molecule has 1 aromatic rings. The van der Waals surface area contributed by atoms with Gasteiger partial charge in [0.25, 0.3) is 5.91 Å². The van der Waals surface area contributed by atoms with Crippen LogP contribution in [0.1, 0.15) is 30.8 Å². The molecule has 0 saturated carbocycles. The lowest BCUT2D eigenvalue weighted by Crippen LogP contribution is -2.54.